The predicted octanol–water partition coefficient (Wildman–Crippen LogP) is 6.44. The van der Waals surface area contributed by atoms with Crippen LogP contribution in [0.25, 0.3) is 32.9 Å². The van der Waals surface area contributed by atoms with Gasteiger partial charge in [-0.2, -0.15) is 9.97 Å². The van der Waals surface area contributed by atoms with Gasteiger partial charge in [-0.05, 0) is 104 Å². The van der Waals surface area contributed by atoms with Gasteiger partial charge in [0.1, 0.15) is 41.1 Å². The summed E-state index contributed by atoms with van der Waals surface area (Å²) in [6, 6.07) is 14.9. The number of hydrogen-bond acceptors (Lipinski definition) is 12. The largest absolute Gasteiger partial charge is 0.508 e. The van der Waals surface area contributed by atoms with Crippen LogP contribution in [-0.2, 0) is 22.6 Å². The Kier molecular flexibility index (Phi) is 11.4. The van der Waals surface area contributed by atoms with Crippen molar-refractivity contribution in [3.63, 3.8) is 0 Å². The fourth-order valence-corrected chi connectivity index (χ4v) is 11.9. The normalized spacial score (nSPS) is 23.4. The van der Waals surface area contributed by atoms with Gasteiger partial charge in [-0.3, -0.25) is 29.6 Å². The molecular formula is C51H57F2N9O5. The van der Waals surface area contributed by atoms with E-state index in [0.29, 0.717) is 86.3 Å². The quantitative estimate of drug-likeness (QED) is 0.125. The fourth-order valence-electron chi connectivity index (χ4n) is 11.9. The molecule has 3 N–H and O–H groups in total. The van der Waals surface area contributed by atoms with Crippen molar-refractivity contribution in [1.82, 2.24) is 35.4 Å². The zero-order chi connectivity index (χ0) is 46.0. The Bertz CT molecular complexity index is 2760. The van der Waals surface area contributed by atoms with Gasteiger partial charge in [-0.15, -0.1) is 0 Å². The third kappa shape index (κ3) is 8.29. The summed E-state index contributed by atoms with van der Waals surface area (Å²) < 4.78 is 39.9. The number of amides is 3. The second-order valence-corrected chi connectivity index (χ2v) is 19.6. The summed E-state index contributed by atoms with van der Waals surface area (Å²) in [6.07, 6.45) is 8.14. The molecule has 350 valence electrons. The Labute approximate surface area is 388 Å². The molecule has 3 unspecified atom stereocenters. The van der Waals surface area contributed by atoms with Crippen LogP contribution in [0.3, 0.4) is 0 Å². The number of aryl methyl sites for hydroxylation is 1. The highest BCUT2D eigenvalue weighted by molar-refractivity contribution is 6.06. The van der Waals surface area contributed by atoms with E-state index in [2.05, 4.69) is 42.2 Å². The number of aromatic nitrogens is 3. The zero-order valence-corrected chi connectivity index (χ0v) is 37.9. The molecule has 6 aliphatic heterocycles. The Morgan fingerprint density at radius 2 is 1.69 bits per heavy atom. The summed E-state index contributed by atoms with van der Waals surface area (Å²) in [5.74, 6) is -0.633. The van der Waals surface area contributed by atoms with Gasteiger partial charge in [-0.1, -0.05) is 31.2 Å². The molecule has 67 heavy (non-hydrogen) atoms. The molecular weight excluding hydrogens is 857 g/mol. The number of benzene rings is 3. The lowest BCUT2D eigenvalue weighted by Crippen LogP contribution is -2.52. The summed E-state index contributed by atoms with van der Waals surface area (Å²) in [7, 11) is 0. The lowest BCUT2D eigenvalue weighted by Gasteiger charge is -2.41. The van der Waals surface area contributed by atoms with Crippen LogP contribution < -0.4 is 25.2 Å². The minimum atomic E-state index is -1.26. The van der Waals surface area contributed by atoms with Crippen molar-refractivity contribution in [3.05, 3.63) is 77.2 Å². The van der Waals surface area contributed by atoms with Gasteiger partial charge in [-0.25, -0.2) is 8.78 Å². The fraction of sp³-hybridized carbons (Fsp3) is 0.490. The van der Waals surface area contributed by atoms with E-state index in [1.807, 2.05) is 36.4 Å². The van der Waals surface area contributed by atoms with Gasteiger partial charge in [0.25, 0.3) is 5.91 Å². The first-order valence-electron chi connectivity index (χ1n) is 24.2. The average molecular weight is 914 g/mol. The Hall–Kier alpha value is -6.00. The first-order valence-corrected chi connectivity index (χ1v) is 24.2. The number of rotatable bonds is 11. The number of carbonyl (C=O) groups excluding carboxylic acids is 3. The van der Waals surface area contributed by atoms with Crippen molar-refractivity contribution in [2.24, 2.45) is 5.92 Å². The van der Waals surface area contributed by atoms with Crippen LogP contribution in [-0.4, -0.2) is 124 Å². The summed E-state index contributed by atoms with van der Waals surface area (Å²) in [4.78, 5) is 60.4. The van der Waals surface area contributed by atoms with Crippen molar-refractivity contribution in [2.45, 2.75) is 101 Å². The maximum absolute atomic E-state index is 17.0. The molecule has 6 aliphatic rings. The number of anilines is 2. The maximum atomic E-state index is 17.0. The smallest absolute Gasteiger partial charge is 0.319 e. The number of piperazine rings is 1. The summed E-state index contributed by atoms with van der Waals surface area (Å²) in [5.41, 5.74) is 3.00. The van der Waals surface area contributed by atoms with E-state index in [4.69, 9.17) is 9.72 Å². The number of ether oxygens (including phenoxy) is 1. The first-order chi connectivity index (χ1) is 32.5. The van der Waals surface area contributed by atoms with Crippen LogP contribution in [0.2, 0.25) is 0 Å². The van der Waals surface area contributed by atoms with Crippen LogP contribution in [0.5, 0.6) is 11.8 Å². The van der Waals surface area contributed by atoms with E-state index in [9.17, 15) is 19.5 Å². The molecule has 11 rings (SSSR count). The summed E-state index contributed by atoms with van der Waals surface area (Å²) in [5, 5.41) is 18.9. The monoisotopic (exact) mass is 913 g/mol. The maximum Gasteiger partial charge on any atom is 0.319 e. The number of imide groups is 1. The molecule has 5 saturated heterocycles. The summed E-state index contributed by atoms with van der Waals surface area (Å²) >= 11 is 0. The van der Waals surface area contributed by atoms with Crippen molar-refractivity contribution in [3.8, 4) is 23.0 Å². The van der Waals surface area contributed by atoms with Crippen molar-refractivity contribution < 1.29 is 33.0 Å². The number of piperidine rings is 3. The van der Waals surface area contributed by atoms with Gasteiger partial charge in [0.2, 0.25) is 11.8 Å². The molecule has 0 aliphatic carbocycles. The third-order valence-corrected chi connectivity index (χ3v) is 15.4. The molecule has 14 nitrogen and oxygen atoms in total. The minimum absolute atomic E-state index is 0.0275. The van der Waals surface area contributed by atoms with Crippen LogP contribution in [0, 0.1) is 11.7 Å². The molecule has 3 aromatic carbocycles. The summed E-state index contributed by atoms with van der Waals surface area (Å²) in [6.45, 7) is 7.35. The van der Waals surface area contributed by atoms with E-state index in [1.54, 1.807) is 23.2 Å². The molecule has 8 heterocycles. The molecule has 5 aromatic rings. The minimum Gasteiger partial charge on any atom is -0.508 e. The van der Waals surface area contributed by atoms with E-state index in [1.165, 1.54) is 0 Å². The van der Waals surface area contributed by atoms with E-state index in [-0.39, 0.29) is 53.7 Å². The highest BCUT2D eigenvalue weighted by atomic mass is 19.1. The van der Waals surface area contributed by atoms with Gasteiger partial charge >= 0.3 is 6.01 Å². The molecule has 0 radical (unpaired) electrons. The number of nitrogens with zero attached hydrogens (tertiary/aromatic N) is 7. The molecule has 5 fully saturated rings. The van der Waals surface area contributed by atoms with Crippen molar-refractivity contribution in [2.75, 3.05) is 62.2 Å². The SMILES string of the molecule is CCc1cccc2cc(O)cc(-c3ncc4c(N5CC6CCC(C5)N6)nc(OCCN5CCC(F)(CC6CCN(c7cccc8c7CN(C7CCC(=O)NC7=O)C8=O)CC6)CC5)nc4c3F)c12. The number of fused-ring (bicyclic) bond motifs is 5. The lowest BCUT2D eigenvalue weighted by atomic mass is 9.80. The molecule has 3 amide bonds. The third-order valence-electron chi connectivity index (χ3n) is 15.4. The number of aromatic hydroxyl groups is 1. The number of phenols is 1. The number of hydrogen-bond donors (Lipinski definition) is 3. The molecule has 2 bridgehead atoms. The Morgan fingerprint density at radius 1 is 0.910 bits per heavy atom. The second kappa shape index (κ2) is 17.6. The molecule has 16 heteroatoms. The van der Waals surface area contributed by atoms with Crippen LogP contribution >= 0.6 is 0 Å². The Balaban J connectivity index is 0.733. The number of phenolic OH excluding ortho intramolecular Hbond substituents is 1. The highest BCUT2D eigenvalue weighted by Crippen LogP contribution is 2.42. The standard InChI is InChI=1S/C51H57F2N9O5/c1-2-31-5-3-6-32-23-35(63)24-37(43(31)32)45-44(52)46-38(26-54-45)47(61-27-33-9-10-34(28-61)55-33)58-50(57-46)67-22-21-59-19-15-51(53,16-20-59)25-30-13-17-60(18-14-30)40-8-4-7-36-39(40)29-62(49(36)66)41-11-12-42(64)56-48(41)65/h3-8,23-24,26,30,33-34,41,55,63H,2,9-22,25,27-29H2,1H3,(H,56,64,65). The second-order valence-electron chi connectivity index (χ2n) is 19.6. The first kappa shape index (κ1) is 43.6. The Morgan fingerprint density at radius 3 is 2.45 bits per heavy atom. The molecule has 2 aromatic heterocycles. The van der Waals surface area contributed by atoms with Crippen LogP contribution in [0.15, 0.2) is 54.7 Å². The van der Waals surface area contributed by atoms with Crippen LogP contribution in [0.1, 0.15) is 86.2 Å². The van der Waals surface area contributed by atoms with E-state index >= 15 is 8.78 Å². The van der Waals surface area contributed by atoms with Crippen molar-refractivity contribution in [1.29, 1.82) is 0 Å². The number of halogens is 2. The van der Waals surface area contributed by atoms with Gasteiger partial charge in [0, 0.05) is 99.4 Å². The number of carbonyl (C=O) groups is 3. The number of alkyl halides is 1. The molecule has 0 spiro atoms. The topological polar surface area (TPSA) is 156 Å². The van der Waals surface area contributed by atoms with E-state index < -0.39 is 23.4 Å². The number of pyridine rings is 1. The van der Waals surface area contributed by atoms with E-state index in [0.717, 1.165) is 85.9 Å². The van der Waals surface area contributed by atoms with Gasteiger partial charge in [0.05, 0.1) is 5.39 Å². The average Bonchev–Trinajstić information content (AvgIpc) is 3.85. The van der Waals surface area contributed by atoms with Crippen LogP contribution in [0.4, 0.5) is 20.3 Å². The molecule has 0 saturated carbocycles. The number of likely N-dealkylation sites (tertiary alicyclic amines) is 1. The zero-order valence-electron chi connectivity index (χ0n) is 37.9. The lowest BCUT2D eigenvalue weighted by molar-refractivity contribution is -0.136. The molecule has 3 atom stereocenters. The van der Waals surface area contributed by atoms with Gasteiger partial charge < -0.3 is 29.9 Å². The van der Waals surface area contributed by atoms with Gasteiger partial charge in [0.15, 0.2) is 5.82 Å². The number of nitrogens with one attached hydrogen (secondary N) is 2. The highest BCUT2D eigenvalue weighted by Gasteiger charge is 2.42. The predicted molar refractivity (Wildman–Crippen MR) is 250 cm³/mol. The van der Waals surface area contributed by atoms with Crippen molar-refractivity contribution >= 4 is 50.9 Å².